The molecule has 0 heterocycles. The van der Waals surface area contributed by atoms with Crippen LogP contribution in [0.1, 0.15) is 30.9 Å². The average Bonchev–Trinajstić information content (AvgIpc) is 2.25. The Morgan fingerprint density at radius 2 is 2.00 bits per heavy atom. The highest BCUT2D eigenvalue weighted by Crippen LogP contribution is 2.17. The molecule has 6 heteroatoms. The van der Waals surface area contributed by atoms with E-state index in [1.807, 2.05) is 6.92 Å². The van der Waals surface area contributed by atoms with Crippen molar-refractivity contribution in [2.24, 2.45) is 0 Å². The Morgan fingerprint density at radius 1 is 1.37 bits per heavy atom. The molecule has 1 aromatic rings. The van der Waals surface area contributed by atoms with Crippen LogP contribution in [0.25, 0.3) is 0 Å². The van der Waals surface area contributed by atoms with Gasteiger partial charge < -0.3 is 5.11 Å². The summed E-state index contributed by atoms with van der Waals surface area (Å²) in [6.07, 6.45) is 0.204. The van der Waals surface area contributed by atoms with Crippen molar-refractivity contribution in [2.45, 2.75) is 44.6 Å². The van der Waals surface area contributed by atoms with Gasteiger partial charge in [-0.1, -0.05) is 17.7 Å². The minimum absolute atomic E-state index is 0.0590. The molecule has 0 aliphatic heterocycles. The zero-order valence-electron chi connectivity index (χ0n) is 11.3. The van der Waals surface area contributed by atoms with Crippen LogP contribution >= 0.6 is 0 Å². The number of hydrogen-bond donors (Lipinski definition) is 2. The summed E-state index contributed by atoms with van der Waals surface area (Å²) >= 11 is 0. The van der Waals surface area contributed by atoms with E-state index in [0.29, 0.717) is 5.56 Å². The standard InChI is InChI=1S/C13H19NO4S/c1-9-4-6-12(10(2)8-9)19(17,18)14-11(3)5-7-13(15)16/h4,6,8,11,14H,5,7H2,1-3H3,(H,15,16). The number of hydrogen-bond acceptors (Lipinski definition) is 3. The summed E-state index contributed by atoms with van der Waals surface area (Å²) in [6.45, 7) is 5.29. The van der Waals surface area contributed by atoms with E-state index in [0.717, 1.165) is 5.56 Å². The molecule has 2 N–H and O–H groups in total. The Bertz CT molecular complexity index is 566. The molecule has 0 saturated carbocycles. The van der Waals surface area contributed by atoms with Gasteiger partial charge in [0.25, 0.3) is 0 Å². The normalized spacial score (nSPS) is 13.2. The van der Waals surface area contributed by atoms with Crippen molar-refractivity contribution in [3.05, 3.63) is 29.3 Å². The zero-order valence-corrected chi connectivity index (χ0v) is 12.1. The summed E-state index contributed by atoms with van der Waals surface area (Å²) in [5.74, 6) is -0.933. The number of carbonyl (C=O) groups is 1. The third-order valence-electron chi connectivity index (χ3n) is 2.77. The van der Waals surface area contributed by atoms with Gasteiger partial charge in [0.2, 0.25) is 10.0 Å². The van der Waals surface area contributed by atoms with Gasteiger partial charge in [0.05, 0.1) is 4.90 Å². The van der Waals surface area contributed by atoms with Crippen molar-refractivity contribution in [1.29, 1.82) is 0 Å². The highest BCUT2D eigenvalue weighted by molar-refractivity contribution is 7.89. The summed E-state index contributed by atoms with van der Waals surface area (Å²) in [5, 5.41) is 8.58. The molecule has 1 rings (SSSR count). The second kappa shape index (κ2) is 6.16. The Morgan fingerprint density at radius 3 is 2.53 bits per heavy atom. The Balaban J connectivity index is 2.83. The number of carboxylic acids is 1. The van der Waals surface area contributed by atoms with Crippen molar-refractivity contribution in [1.82, 2.24) is 4.72 Å². The number of carboxylic acid groups (broad SMARTS) is 1. The van der Waals surface area contributed by atoms with E-state index >= 15 is 0 Å². The lowest BCUT2D eigenvalue weighted by atomic mass is 10.2. The molecule has 19 heavy (non-hydrogen) atoms. The van der Waals surface area contributed by atoms with Crippen molar-refractivity contribution in [3.63, 3.8) is 0 Å². The van der Waals surface area contributed by atoms with Crippen LogP contribution in [0.2, 0.25) is 0 Å². The molecule has 0 amide bonds. The largest absolute Gasteiger partial charge is 0.481 e. The van der Waals surface area contributed by atoms with E-state index in [-0.39, 0.29) is 17.7 Å². The highest BCUT2D eigenvalue weighted by Gasteiger charge is 2.19. The molecule has 0 bridgehead atoms. The Hall–Kier alpha value is -1.40. The van der Waals surface area contributed by atoms with Crippen molar-refractivity contribution in [2.75, 3.05) is 0 Å². The van der Waals surface area contributed by atoms with Crippen LogP contribution in [0, 0.1) is 13.8 Å². The molecule has 5 nitrogen and oxygen atoms in total. The SMILES string of the molecule is Cc1ccc(S(=O)(=O)NC(C)CCC(=O)O)c(C)c1. The second-order valence-corrected chi connectivity index (χ2v) is 6.41. The number of aliphatic carboxylic acids is 1. The number of rotatable bonds is 6. The molecule has 0 fully saturated rings. The molecular formula is C13H19NO4S. The van der Waals surface area contributed by atoms with Crippen LogP contribution in [-0.4, -0.2) is 25.5 Å². The Labute approximate surface area is 113 Å². The first-order valence-electron chi connectivity index (χ1n) is 6.04. The predicted molar refractivity (Wildman–Crippen MR) is 72.6 cm³/mol. The molecule has 106 valence electrons. The molecule has 0 spiro atoms. The summed E-state index contributed by atoms with van der Waals surface area (Å²) in [7, 11) is -3.60. The predicted octanol–water partition coefficient (Wildman–Crippen LogP) is 1.84. The van der Waals surface area contributed by atoms with Crippen LogP contribution in [-0.2, 0) is 14.8 Å². The average molecular weight is 285 g/mol. The van der Waals surface area contributed by atoms with Crippen molar-refractivity contribution in [3.8, 4) is 0 Å². The van der Waals surface area contributed by atoms with Gasteiger partial charge in [-0.25, -0.2) is 13.1 Å². The highest BCUT2D eigenvalue weighted by atomic mass is 32.2. The fraction of sp³-hybridized carbons (Fsp3) is 0.462. The van der Waals surface area contributed by atoms with Gasteiger partial charge in [-0.05, 0) is 38.8 Å². The van der Waals surface area contributed by atoms with E-state index in [4.69, 9.17) is 5.11 Å². The number of sulfonamides is 1. The monoisotopic (exact) mass is 285 g/mol. The molecule has 1 unspecified atom stereocenters. The molecular weight excluding hydrogens is 266 g/mol. The van der Waals surface area contributed by atoms with E-state index in [9.17, 15) is 13.2 Å². The lowest BCUT2D eigenvalue weighted by molar-refractivity contribution is -0.137. The van der Waals surface area contributed by atoms with Crippen LogP contribution in [0.15, 0.2) is 23.1 Å². The van der Waals surface area contributed by atoms with E-state index < -0.39 is 22.0 Å². The first-order valence-corrected chi connectivity index (χ1v) is 7.52. The van der Waals surface area contributed by atoms with Crippen LogP contribution in [0.5, 0.6) is 0 Å². The summed E-state index contributed by atoms with van der Waals surface area (Å²) in [5.41, 5.74) is 1.67. The fourth-order valence-electron chi connectivity index (χ4n) is 1.83. The zero-order chi connectivity index (χ0) is 14.6. The molecule has 0 aromatic heterocycles. The van der Waals surface area contributed by atoms with Gasteiger partial charge >= 0.3 is 5.97 Å². The lowest BCUT2D eigenvalue weighted by Crippen LogP contribution is -2.33. The molecule has 0 aliphatic carbocycles. The molecule has 1 atom stereocenters. The summed E-state index contributed by atoms with van der Waals surface area (Å²) < 4.78 is 26.8. The maximum Gasteiger partial charge on any atom is 0.303 e. The maximum atomic E-state index is 12.2. The van der Waals surface area contributed by atoms with Crippen LogP contribution in [0.3, 0.4) is 0 Å². The van der Waals surface area contributed by atoms with Gasteiger partial charge in [0.1, 0.15) is 0 Å². The van der Waals surface area contributed by atoms with Gasteiger partial charge in [-0.3, -0.25) is 4.79 Å². The van der Waals surface area contributed by atoms with Gasteiger partial charge in [-0.15, -0.1) is 0 Å². The number of nitrogens with one attached hydrogen (secondary N) is 1. The quantitative estimate of drug-likeness (QED) is 0.835. The topological polar surface area (TPSA) is 83.5 Å². The first kappa shape index (κ1) is 15.7. The maximum absolute atomic E-state index is 12.2. The summed E-state index contributed by atoms with van der Waals surface area (Å²) in [6, 6.07) is 4.69. The third kappa shape index (κ3) is 4.65. The Kier molecular flexibility index (Phi) is 5.08. The van der Waals surface area contributed by atoms with Crippen LogP contribution < -0.4 is 4.72 Å². The lowest BCUT2D eigenvalue weighted by Gasteiger charge is -2.15. The van der Waals surface area contributed by atoms with E-state index in [1.54, 1.807) is 32.0 Å². The first-order chi connectivity index (χ1) is 8.72. The molecule has 0 aliphatic rings. The molecule has 0 radical (unpaired) electrons. The fourth-order valence-corrected chi connectivity index (χ4v) is 3.33. The minimum atomic E-state index is -3.60. The van der Waals surface area contributed by atoms with E-state index in [1.165, 1.54) is 0 Å². The van der Waals surface area contributed by atoms with Gasteiger partial charge in [0, 0.05) is 12.5 Å². The van der Waals surface area contributed by atoms with Crippen molar-refractivity contribution >= 4 is 16.0 Å². The third-order valence-corrected chi connectivity index (χ3v) is 4.52. The molecule has 1 aromatic carbocycles. The van der Waals surface area contributed by atoms with E-state index in [2.05, 4.69) is 4.72 Å². The molecule has 0 saturated heterocycles. The van der Waals surface area contributed by atoms with Gasteiger partial charge in [-0.2, -0.15) is 0 Å². The van der Waals surface area contributed by atoms with Crippen LogP contribution in [0.4, 0.5) is 0 Å². The minimum Gasteiger partial charge on any atom is -0.481 e. The number of benzene rings is 1. The summed E-state index contributed by atoms with van der Waals surface area (Å²) in [4.78, 5) is 10.7. The van der Waals surface area contributed by atoms with Gasteiger partial charge in [0.15, 0.2) is 0 Å². The van der Waals surface area contributed by atoms with Crippen molar-refractivity contribution < 1.29 is 18.3 Å². The smallest absolute Gasteiger partial charge is 0.303 e. The second-order valence-electron chi connectivity index (χ2n) is 4.72. The number of aryl methyl sites for hydroxylation is 2.